The highest BCUT2D eigenvalue weighted by Gasteiger charge is 2.46. The monoisotopic (exact) mass is 245 g/mol. The Morgan fingerprint density at radius 3 is 2.92 bits per heavy atom. The van der Waals surface area contributed by atoms with E-state index in [2.05, 4.69) is 27.8 Å². The normalized spacial score (nSPS) is 38.5. The van der Waals surface area contributed by atoms with Gasteiger partial charge in [-0.15, -0.1) is 0 Å². The molecule has 74 valence electrons. The Kier molecular flexibility index (Phi) is 2.63. The van der Waals surface area contributed by atoms with Crippen molar-refractivity contribution in [3.63, 3.8) is 0 Å². The van der Waals surface area contributed by atoms with Crippen LogP contribution in [0.25, 0.3) is 0 Å². The molecule has 1 aliphatic heterocycles. The number of likely N-dealkylation sites (tertiary alicyclic amines) is 1. The molecule has 0 spiro atoms. The predicted octanol–water partition coefficient (Wildman–Crippen LogP) is 2.17. The third-order valence-corrected chi connectivity index (χ3v) is 3.97. The standard InChI is InChI=1S/C10H16BrNO/c1-2-3-7-6-9(7)12-5-4-8(11)10(12)13/h7-9H,2-6H2,1H3. The molecule has 3 atom stereocenters. The molecule has 0 aromatic rings. The Bertz CT molecular complexity index is 219. The van der Waals surface area contributed by atoms with Crippen LogP contribution in [0, 0.1) is 5.92 Å². The van der Waals surface area contributed by atoms with E-state index in [1.807, 2.05) is 0 Å². The van der Waals surface area contributed by atoms with E-state index in [-0.39, 0.29) is 4.83 Å². The van der Waals surface area contributed by atoms with Crippen LogP contribution in [0.15, 0.2) is 0 Å². The van der Waals surface area contributed by atoms with Gasteiger partial charge in [0.05, 0.1) is 4.83 Å². The van der Waals surface area contributed by atoms with Gasteiger partial charge in [0.2, 0.25) is 5.91 Å². The Morgan fingerprint density at radius 2 is 2.38 bits per heavy atom. The molecule has 0 bridgehead atoms. The molecule has 1 saturated heterocycles. The second kappa shape index (κ2) is 3.60. The lowest BCUT2D eigenvalue weighted by atomic mass is 10.2. The van der Waals surface area contributed by atoms with Gasteiger partial charge in [0.15, 0.2) is 0 Å². The van der Waals surface area contributed by atoms with Crippen LogP contribution in [0.5, 0.6) is 0 Å². The van der Waals surface area contributed by atoms with E-state index in [0.29, 0.717) is 11.9 Å². The quantitative estimate of drug-likeness (QED) is 0.699. The van der Waals surface area contributed by atoms with Crippen LogP contribution >= 0.6 is 15.9 Å². The van der Waals surface area contributed by atoms with Crippen molar-refractivity contribution in [2.24, 2.45) is 5.92 Å². The molecule has 1 saturated carbocycles. The van der Waals surface area contributed by atoms with Gasteiger partial charge in [-0.25, -0.2) is 0 Å². The number of halogens is 1. The molecule has 3 heteroatoms. The number of alkyl halides is 1. The molecule has 0 aromatic heterocycles. The summed E-state index contributed by atoms with van der Waals surface area (Å²) in [6.07, 6.45) is 4.79. The van der Waals surface area contributed by atoms with Crippen LogP contribution in [-0.2, 0) is 4.79 Å². The minimum absolute atomic E-state index is 0.107. The third kappa shape index (κ3) is 1.76. The molecular weight excluding hydrogens is 230 g/mol. The smallest absolute Gasteiger partial charge is 0.236 e. The number of carbonyl (C=O) groups excluding carboxylic acids is 1. The number of hydrogen-bond acceptors (Lipinski definition) is 1. The Hall–Kier alpha value is -0.0500. The lowest BCUT2D eigenvalue weighted by Gasteiger charge is -2.15. The molecule has 0 radical (unpaired) electrons. The van der Waals surface area contributed by atoms with Crippen molar-refractivity contribution in [3.8, 4) is 0 Å². The van der Waals surface area contributed by atoms with Gasteiger partial charge in [-0.1, -0.05) is 29.3 Å². The second-order valence-electron chi connectivity index (χ2n) is 4.14. The largest absolute Gasteiger partial charge is 0.338 e. The average molecular weight is 246 g/mol. The number of amides is 1. The van der Waals surface area contributed by atoms with E-state index in [1.54, 1.807) is 0 Å². The lowest BCUT2D eigenvalue weighted by molar-refractivity contribution is -0.127. The van der Waals surface area contributed by atoms with Crippen LogP contribution < -0.4 is 0 Å². The summed E-state index contributed by atoms with van der Waals surface area (Å²) in [6.45, 7) is 3.19. The maximum absolute atomic E-state index is 11.6. The highest BCUT2D eigenvalue weighted by molar-refractivity contribution is 9.10. The number of carbonyl (C=O) groups is 1. The van der Waals surface area contributed by atoms with E-state index in [1.165, 1.54) is 19.3 Å². The lowest BCUT2D eigenvalue weighted by Crippen LogP contribution is -2.30. The molecule has 1 aliphatic carbocycles. The third-order valence-electron chi connectivity index (χ3n) is 3.12. The first-order valence-corrected chi connectivity index (χ1v) is 6.10. The molecular formula is C10H16BrNO. The fourth-order valence-electron chi connectivity index (χ4n) is 2.29. The summed E-state index contributed by atoms with van der Waals surface area (Å²) in [5.41, 5.74) is 0. The Labute approximate surface area is 87.8 Å². The van der Waals surface area contributed by atoms with Crippen LogP contribution in [0.1, 0.15) is 32.6 Å². The van der Waals surface area contributed by atoms with E-state index >= 15 is 0 Å². The van der Waals surface area contributed by atoms with Gasteiger partial charge < -0.3 is 4.90 Å². The van der Waals surface area contributed by atoms with Crippen molar-refractivity contribution in [1.82, 2.24) is 4.90 Å². The van der Waals surface area contributed by atoms with Crippen molar-refractivity contribution in [1.29, 1.82) is 0 Å². The summed E-state index contributed by atoms with van der Waals surface area (Å²) in [4.78, 5) is 13.8. The molecule has 0 N–H and O–H groups in total. The molecule has 2 nitrogen and oxygen atoms in total. The minimum atomic E-state index is 0.107. The highest BCUT2D eigenvalue weighted by atomic mass is 79.9. The molecule has 2 rings (SSSR count). The summed E-state index contributed by atoms with van der Waals surface area (Å²) >= 11 is 3.41. The topological polar surface area (TPSA) is 20.3 Å². The highest BCUT2D eigenvalue weighted by Crippen LogP contribution is 2.41. The zero-order chi connectivity index (χ0) is 9.42. The molecule has 1 amide bonds. The Morgan fingerprint density at radius 1 is 1.62 bits per heavy atom. The van der Waals surface area contributed by atoms with Crippen LogP contribution in [-0.4, -0.2) is 28.2 Å². The van der Waals surface area contributed by atoms with Gasteiger partial charge in [0.25, 0.3) is 0 Å². The maximum Gasteiger partial charge on any atom is 0.236 e. The van der Waals surface area contributed by atoms with Crippen LogP contribution in [0.4, 0.5) is 0 Å². The average Bonchev–Trinajstić information content (AvgIpc) is 2.77. The molecule has 2 aliphatic rings. The number of nitrogens with zero attached hydrogens (tertiary/aromatic N) is 1. The fraction of sp³-hybridized carbons (Fsp3) is 0.900. The van der Waals surface area contributed by atoms with Crippen molar-refractivity contribution < 1.29 is 4.79 Å². The van der Waals surface area contributed by atoms with Gasteiger partial charge in [0, 0.05) is 12.6 Å². The van der Waals surface area contributed by atoms with Gasteiger partial charge in [-0.05, 0) is 25.2 Å². The molecule has 1 heterocycles. The number of rotatable bonds is 3. The first-order chi connectivity index (χ1) is 6.24. The summed E-state index contributed by atoms with van der Waals surface area (Å²) in [6, 6.07) is 0.593. The summed E-state index contributed by atoms with van der Waals surface area (Å²) in [7, 11) is 0. The summed E-state index contributed by atoms with van der Waals surface area (Å²) < 4.78 is 0. The minimum Gasteiger partial charge on any atom is -0.338 e. The summed E-state index contributed by atoms with van der Waals surface area (Å²) in [5, 5.41) is 0. The van der Waals surface area contributed by atoms with Crippen molar-refractivity contribution in [3.05, 3.63) is 0 Å². The zero-order valence-electron chi connectivity index (χ0n) is 8.00. The van der Waals surface area contributed by atoms with E-state index in [4.69, 9.17) is 0 Å². The Balaban J connectivity index is 1.87. The van der Waals surface area contributed by atoms with Crippen LogP contribution in [0.2, 0.25) is 0 Å². The SMILES string of the molecule is CCCC1CC1N1CCC(Br)C1=O. The van der Waals surface area contributed by atoms with Crippen LogP contribution in [0.3, 0.4) is 0 Å². The van der Waals surface area contributed by atoms with E-state index in [9.17, 15) is 4.79 Å². The van der Waals surface area contributed by atoms with Gasteiger partial charge in [0.1, 0.15) is 0 Å². The van der Waals surface area contributed by atoms with E-state index in [0.717, 1.165) is 18.9 Å². The maximum atomic E-state index is 11.6. The van der Waals surface area contributed by atoms with Gasteiger partial charge in [-0.2, -0.15) is 0 Å². The van der Waals surface area contributed by atoms with Crippen molar-refractivity contribution in [2.75, 3.05) is 6.54 Å². The van der Waals surface area contributed by atoms with Gasteiger partial charge >= 0.3 is 0 Å². The second-order valence-corrected chi connectivity index (χ2v) is 5.24. The first-order valence-electron chi connectivity index (χ1n) is 5.18. The predicted molar refractivity (Wildman–Crippen MR) is 55.8 cm³/mol. The molecule has 3 unspecified atom stereocenters. The fourth-order valence-corrected chi connectivity index (χ4v) is 2.76. The van der Waals surface area contributed by atoms with E-state index < -0.39 is 0 Å². The summed E-state index contributed by atoms with van der Waals surface area (Å²) in [5.74, 6) is 1.13. The van der Waals surface area contributed by atoms with Crippen molar-refractivity contribution >= 4 is 21.8 Å². The van der Waals surface area contributed by atoms with Crippen molar-refractivity contribution in [2.45, 2.75) is 43.5 Å². The molecule has 13 heavy (non-hydrogen) atoms. The molecule has 0 aromatic carbocycles. The first kappa shape index (κ1) is 9.50. The van der Waals surface area contributed by atoms with Gasteiger partial charge in [-0.3, -0.25) is 4.79 Å². The zero-order valence-corrected chi connectivity index (χ0v) is 9.59. The molecule has 2 fully saturated rings. The number of hydrogen-bond donors (Lipinski definition) is 0.